The molecular weight excluding hydrogens is 146 g/mol. The van der Waals surface area contributed by atoms with E-state index in [9.17, 15) is 4.79 Å². The molecule has 1 N–H and O–H groups in total. The summed E-state index contributed by atoms with van der Waals surface area (Å²) in [5.41, 5.74) is 0. The van der Waals surface area contributed by atoms with Gasteiger partial charge in [0.1, 0.15) is 0 Å². The van der Waals surface area contributed by atoms with Crippen LogP contribution in [0.1, 0.15) is 0 Å². The standard InChI is InChI=1S/C6H7N3O2/c1-11-6-3-2-5(7-4-10)8-9-6/h2-4H,1H3,(H,7,8,10). The number of carbonyl (C=O) groups is 1. The molecule has 0 spiro atoms. The second kappa shape index (κ2) is 3.50. The molecule has 0 saturated carbocycles. The maximum atomic E-state index is 9.92. The van der Waals surface area contributed by atoms with Crippen molar-refractivity contribution in [1.29, 1.82) is 0 Å². The van der Waals surface area contributed by atoms with Crippen LogP contribution in [0.5, 0.6) is 5.88 Å². The molecule has 1 heterocycles. The zero-order valence-corrected chi connectivity index (χ0v) is 5.94. The van der Waals surface area contributed by atoms with E-state index in [4.69, 9.17) is 4.74 Å². The van der Waals surface area contributed by atoms with E-state index < -0.39 is 0 Å². The highest BCUT2D eigenvalue weighted by Gasteiger charge is 1.93. The summed E-state index contributed by atoms with van der Waals surface area (Å²) in [5.74, 6) is 0.822. The summed E-state index contributed by atoms with van der Waals surface area (Å²) in [6.45, 7) is 0. The lowest BCUT2D eigenvalue weighted by molar-refractivity contribution is -0.105. The Labute approximate surface area is 63.4 Å². The Balaban J connectivity index is 2.74. The van der Waals surface area contributed by atoms with Gasteiger partial charge in [-0.25, -0.2) is 0 Å². The van der Waals surface area contributed by atoms with Crippen molar-refractivity contribution in [3.05, 3.63) is 12.1 Å². The van der Waals surface area contributed by atoms with Crippen molar-refractivity contribution in [2.45, 2.75) is 0 Å². The molecule has 1 aromatic heterocycles. The Hall–Kier alpha value is -1.65. The zero-order chi connectivity index (χ0) is 8.10. The molecule has 0 aromatic carbocycles. The fraction of sp³-hybridized carbons (Fsp3) is 0.167. The monoisotopic (exact) mass is 153 g/mol. The molecular formula is C6H7N3O2. The van der Waals surface area contributed by atoms with Gasteiger partial charge in [-0.15, -0.1) is 10.2 Å². The molecule has 0 bridgehead atoms. The van der Waals surface area contributed by atoms with Crippen LogP contribution in [-0.4, -0.2) is 23.7 Å². The van der Waals surface area contributed by atoms with Crippen molar-refractivity contribution >= 4 is 12.2 Å². The topological polar surface area (TPSA) is 64.1 Å². The van der Waals surface area contributed by atoms with Gasteiger partial charge in [-0.2, -0.15) is 0 Å². The van der Waals surface area contributed by atoms with Crippen LogP contribution in [-0.2, 0) is 4.79 Å². The van der Waals surface area contributed by atoms with E-state index in [1.165, 1.54) is 7.11 Å². The number of hydrogen-bond acceptors (Lipinski definition) is 4. The number of nitrogens with zero attached hydrogens (tertiary/aromatic N) is 2. The largest absolute Gasteiger partial charge is 0.480 e. The van der Waals surface area contributed by atoms with Crippen LogP contribution in [0.15, 0.2) is 12.1 Å². The van der Waals surface area contributed by atoms with E-state index in [-0.39, 0.29) is 0 Å². The number of aromatic nitrogens is 2. The lowest BCUT2D eigenvalue weighted by atomic mass is 10.5. The molecule has 0 aliphatic rings. The summed E-state index contributed by atoms with van der Waals surface area (Å²) < 4.78 is 4.76. The van der Waals surface area contributed by atoms with Gasteiger partial charge in [0.25, 0.3) is 0 Å². The first-order chi connectivity index (χ1) is 5.36. The van der Waals surface area contributed by atoms with Crippen LogP contribution in [0.25, 0.3) is 0 Å². The molecule has 5 nitrogen and oxygen atoms in total. The number of carbonyl (C=O) groups excluding carboxylic acids is 1. The van der Waals surface area contributed by atoms with E-state index in [2.05, 4.69) is 15.5 Å². The Morgan fingerprint density at radius 1 is 1.55 bits per heavy atom. The Morgan fingerprint density at radius 3 is 2.82 bits per heavy atom. The summed E-state index contributed by atoms with van der Waals surface area (Å²) in [4.78, 5) is 9.92. The van der Waals surface area contributed by atoms with Crippen molar-refractivity contribution < 1.29 is 9.53 Å². The number of amides is 1. The van der Waals surface area contributed by atoms with Crippen LogP contribution in [0.3, 0.4) is 0 Å². The molecule has 0 aliphatic heterocycles. The summed E-state index contributed by atoms with van der Waals surface area (Å²) in [6, 6.07) is 3.21. The summed E-state index contributed by atoms with van der Waals surface area (Å²) >= 11 is 0. The van der Waals surface area contributed by atoms with E-state index in [1.54, 1.807) is 12.1 Å². The number of rotatable bonds is 3. The minimum absolute atomic E-state index is 0.404. The SMILES string of the molecule is COc1ccc(NC=O)nn1. The predicted octanol–water partition coefficient (Wildman–Crippen LogP) is 0.0535. The highest BCUT2D eigenvalue weighted by molar-refractivity contribution is 5.68. The average Bonchev–Trinajstić information content (AvgIpc) is 2.07. The van der Waals surface area contributed by atoms with Gasteiger partial charge in [0.15, 0.2) is 5.82 Å². The van der Waals surface area contributed by atoms with E-state index in [0.29, 0.717) is 18.1 Å². The predicted molar refractivity (Wildman–Crippen MR) is 38.3 cm³/mol. The van der Waals surface area contributed by atoms with Crippen LogP contribution in [0.2, 0.25) is 0 Å². The van der Waals surface area contributed by atoms with E-state index >= 15 is 0 Å². The molecule has 0 unspecified atom stereocenters. The number of ether oxygens (including phenoxy) is 1. The van der Waals surface area contributed by atoms with Gasteiger partial charge in [-0.05, 0) is 6.07 Å². The molecule has 0 aliphatic carbocycles. The van der Waals surface area contributed by atoms with Crippen molar-refractivity contribution in [3.8, 4) is 5.88 Å². The maximum Gasteiger partial charge on any atom is 0.233 e. The van der Waals surface area contributed by atoms with Crippen molar-refractivity contribution in [3.63, 3.8) is 0 Å². The van der Waals surface area contributed by atoms with Gasteiger partial charge >= 0.3 is 0 Å². The van der Waals surface area contributed by atoms with Crippen LogP contribution >= 0.6 is 0 Å². The quantitative estimate of drug-likeness (QED) is 0.623. The fourth-order valence-electron chi connectivity index (χ4n) is 0.566. The minimum atomic E-state index is 0.404. The van der Waals surface area contributed by atoms with Gasteiger partial charge in [0.2, 0.25) is 12.3 Å². The van der Waals surface area contributed by atoms with Gasteiger partial charge in [-0.3, -0.25) is 4.79 Å². The molecule has 0 fully saturated rings. The number of nitrogens with one attached hydrogen (secondary N) is 1. The highest BCUT2D eigenvalue weighted by Crippen LogP contribution is 2.05. The van der Waals surface area contributed by atoms with Gasteiger partial charge < -0.3 is 10.1 Å². The second-order valence-electron chi connectivity index (χ2n) is 1.72. The Bertz CT molecular complexity index is 234. The number of methoxy groups -OCH3 is 1. The van der Waals surface area contributed by atoms with Crippen LogP contribution in [0, 0.1) is 0 Å². The van der Waals surface area contributed by atoms with Crippen LogP contribution in [0.4, 0.5) is 5.82 Å². The van der Waals surface area contributed by atoms with Gasteiger partial charge in [0, 0.05) is 6.07 Å². The fourth-order valence-corrected chi connectivity index (χ4v) is 0.566. The first-order valence-electron chi connectivity index (χ1n) is 2.94. The Morgan fingerprint density at radius 2 is 2.36 bits per heavy atom. The smallest absolute Gasteiger partial charge is 0.233 e. The van der Waals surface area contributed by atoms with Crippen molar-refractivity contribution in [2.75, 3.05) is 12.4 Å². The molecule has 1 rings (SSSR count). The average molecular weight is 153 g/mol. The van der Waals surface area contributed by atoms with Crippen molar-refractivity contribution in [1.82, 2.24) is 10.2 Å². The lowest BCUT2D eigenvalue weighted by Crippen LogP contribution is -1.98. The van der Waals surface area contributed by atoms with Crippen LogP contribution < -0.4 is 10.1 Å². The molecule has 0 atom stereocenters. The van der Waals surface area contributed by atoms with Gasteiger partial charge in [0.05, 0.1) is 7.11 Å². The second-order valence-corrected chi connectivity index (χ2v) is 1.72. The van der Waals surface area contributed by atoms with Gasteiger partial charge in [-0.1, -0.05) is 0 Å². The lowest BCUT2D eigenvalue weighted by Gasteiger charge is -1.97. The van der Waals surface area contributed by atoms with E-state index in [1.807, 2.05) is 0 Å². The third-order valence-electron chi connectivity index (χ3n) is 1.06. The molecule has 58 valence electrons. The minimum Gasteiger partial charge on any atom is -0.480 e. The summed E-state index contributed by atoms with van der Waals surface area (Å²) in [7, 11) is 1.50. The zero-order valence-electron chi connectivity index (χ0n) is 5.94. The molecule has 0 radical (unpaired) electrons. The maximum absolute atomic E-state index is 9.92. The molecule has 0 saturated heterocycles. The normalized spacial score (nSPS) is 8.82. The van der Waals surface area contributed by atoms with E-state index in [0.717, 1.165) is 0 Å². The molecule has 5 heteroatoms. The molecule has 1 aromatic rings. The summed E-state index contributed by atoms with van der Waals surface area (Å²) in [5, 5.41) is 9.59. The first kappa shape index (κ1) is 7.46. The third kappa shape index (κ3) is 1.89. The molecule has 1 amide bonds. The van der Waals surface area contributed by atoms with Crippen molar-refractivity contribution in [2.24, 2.45) is 0 Å². The Kier molecular flexibility index (Phi) is 2.37. The highest BCUT2D eigenvalue weighted by atomic mass is 16.5. The number of hydrogen-bond donors (Lipinski definition) is 1. The summed E-state index contributed by atoms with van der Waals surface area (Å²) in [6.07, 6.45) is 0.538. The number of anilines is 1. The molecule has 11 heavy (non-hydrogen) atoms. The first-order valence-corrected chi connectivity index (χ1v) is 2.94. The third-order valence-corrected chi connectivity index (χ3v) is 1.06.